The minimum atomic E-state index is -0.244. The molecule has 7 nitrogen and oxygen atoms in total. The number of rotatable bonds is 9. The van der Waals surface area contributed by atoms with Crippen LogP contribution < -0.4 is 10.6 Å². The number of nitrogens with zero attached hydrogens (tertiary/aromatic N) is 2. The molecule has 2 amide bonds. The Balaban J connectivity index is 1.51. The minimum Gasteiger partial charge on any atom is -0.459 e. The highest BCUT2D eigenvalue weighted by Crippen LogP contribution is 2.04. The molecule has 2 heterocycles. The molecule has 1 aliphatic heterocycles. The molecule has 2 rings (SSSR count). The van der Waals surface area contributed by atoms with E-state index in [1.165, 1.54) is 6.26 Å². The molecule has 0 radical (unpaired) electrons. The van der Waals surface area contributed by atoms with Gasteiger partial charge in [0.05, 0.1) is 6.26 Å². The molecule has 1 fully saturated rings. The molecule has 0 aromatic carbocycles. The first-order valence-electron chi connectivity index (χ1n) is 9.04. The van der Waals surface area contributed by atoms with Gasteiger partial charge in [0.2, 0.25) is 5.91 Å². The fourth-order valence-electron chi connectivity index (χ4n) is 2.86. The quantitative estimate of drug-likeness (QED) is 0.644. The van der Waals surface area contributed by atoms with Crippen LogP contribution in [0, 0.1) is 5.92 Å². The maximum atomic E-state index is 11.9. The lowest BCUT2D eigenvalue weighted by Crippen LogP contribution is -2.46. The fourth-order valence-corrected chi connectivity index (χ4v) is 2.86. The molecule has 0 spiro atoms. The van der Waals surface area contributed by atoms with Gasteiger partial charge in [-0.25, -0.2) is 0 Å². The van der Waals surface area contributed by atoms with Crippen LogP contribution in [0.2, 0.25) is 0 Å². The van der Waals surface area contributed by atoms with Gasteiger partial charge in [-0.1, -0.05) is 6.92 Å². The van der Waals surface area contributed by atoms with Crippen LogP contribution in [0.5, 0.6) is 0 Å². The topological polar surface area (TPSA) is 77.8 Å². The van der Waals surface area contributed by atoms with Gasteiger partial charge in [0.1, 0.15) is 0 Å². The number of carbonyl (C=O) groups excluding carboxylic acids is 2. The Hall–Kier alpha value is -1.86. The van der Waals surface area contributed by atoms with Crippen molar-refractivity contribution in [3.8, 4) is 0 Å². The zero-order valence-electron chi connectivity index (χ0n) is 15.3. The highest BCUT2D eigenvalue weighted by atomic mass is 16.3. The zero-order chi connectivity index (χ0) is 18.1. The van der Waals surface area contributed by atoms with Crippen molar-refractivity contribution in [2.75, 3.05) is 52.9 Å². The summed E-state index contributed by atoms with van der Waals surface area (Å²) in [6.45, 7) is 8.78. The Morgan fingerprint density at radius 1 is 1.24 bits per heavy atom. The molecule has 25 heavy (non-hydrogen) atoms. The van der Waals surface area contributed by atoms with Crippen LogP contribution >= 0.6 is 0 Å². The average Bonchev–Trinajstić information content (AvgIpc) is 3.13. The number of piperazine rings is 1. The summed E-state index contributed by atoms with van der Waals surface area (Å²) in [6, 6.07) is 3.29. The monoisotopic (exact) mass is 350 g/mol. The number of furan rings is 1. The second kappa shape index (κ2) is 10.2. The van der Waals surface area contributed by atoms with Gasteiger partial charge < -0.3 is 24.9 Å². The Morgan fingerprint density at radius 3 is 2.68 bits per heavy atom. The van der Waals surface area contributed by atoms with E-state index in [0.717, 1.165) is 32.7 Å². The molecule has 1 aliphatic rings. The third-order valence-corrected chi connectivity index (χ3v) is 4.42. The van der Waals surface area contributed by atoms with Crippen molar-refractivity contribution in [3.63, 3.8) is 0 Å². The third kappa shape index (κ3) is 7.27. The number of carbonyl (C=O) groups is 2. The zero-order valence-corrected chi connectivity index (χ0v) is 15.3. The SMILES string of the molecule is CC(CNC(=O)CCCNC(=O)c1ccco1)CN1CCN(C)CC1. The lowest BCUT2D eigenvalue weighted by Gasteiger charge is -2.33. The standard InChI is InChI=1S/C18H30N4O3/c1-15(14-22-10-8-21(2)9-11-22)13-20-17(23)6-3-7-19-18(24)16-5-4-12-25-16/h4-5,12,15H,3,6-11,13-14H2,1-2H3,(H,19,24)(H,20,23). The lowest BCUT2D eigenvalue weighted by atomic mass is 10.1. The van der Waals surface area contributed by atoms with E-state index >= 15 is 0 Å². The summed E-state index contributed by atoms with van der Waals surface area (Å²) in [7, 11) is 2.15. The molecule has 1 aromatic heterocycles. The molecular formula is C18H30N4O3. The van der Waals surface area contributed by atoms with Crippen molar-refractivity contribution in [2.24, 2.45) is 5.92 Å². The summed E-state index contributed by atoms with van der Waals surface area (Å²) in [6.07, 6.45) is 2.50. The second-order valence-corrected chi connectivity index (χ2v) is 6.85. The molecule has 1 atom stereocenters. The first-order chi connectivity index (χ1) is 12.0. The number of likely N-dealkylation sites (N-methyl/N-ethyl adjacent to an activating group) is 1. The Morgan fingerprint density at radius 2 is 2.00 bits per heavy atom. The van der Waals surface area contributed by atoms with Gasteiger partial charge in [-0.05, 0) is 31.5 Å². The highest BCUT2D eigenvalue weighted by Gasteiger charge is 2.16. The summed E-state index contributed by atoms with van der Waals surface area (Å²) in [5, 5.41) is 5.73. The Labute approximate surface area is 149 Å². The van der Waals surface area contributed by atoms with Crippen molar-refractivity contribution < 1.29 is 14.0 Å². The Bertz CT molecular complexity index is 524. The van der Waals surface area contributed by atoms with E-state index in [0.29, 0.717) is 37.6 Å². The summed E-state index contributed by atoms with van der Waals surface area (Å²) in [4.78, 5) is 28.4. The summed E-state index contributed by atoms with van der Waals surface area (Å²) in [5.41, 5.74) is 0. The second-order valence-electron chi connectivity index (χ2n) is 6.85. The molecule has 140 valence electrons. The predicted octanol–water partition coefficient (Wildman–Crippen LogP) is 0.789. The van der Waals surface area contributed by atoms with Crippen molar-refractivity contribution in [1.82, 2.24) is 20.4 Å². The Kier molecular flexibility index (Phi) is 7.94. The van der Waals surface area contributed by atoms with Gasteiger partial charge in [-0.15, -0.1) is 0 Å². The van der Waals surface area contributed by atoms with Crippen molar-refractivity contribution >= 4 is 11.8 Å². The molecule has 7 heteroatoms. The van der Waals surface area contributed by atoms with E-state index in [1.54, 1.807) is 12.1 Å². The van der Waals surface area contributed by atoms with Crippen LogP contribution in [0.25, 0.3) is 0 Å². The molecule has 0 bridgehead atoms. The van der Waals surface area contributed by atoms with Crippen LogP contribution in [-0.2, 0) is 4.79 Å². The van der Waals surface area contributed by atoms with Crippen LogP contribution in [0.4, 0.5) is 0 Å². The highest BCUT2D eigenvalue weighted by molar-refractivity contribution is 5.91. The van der Waals surface area contributed by atoms with Crippen molar-refractivity contribution in [1.29, 1.82) is 0 Å². The number of nitrogens with one attached hydrogen (secondary N) is 2. The smallest absolute Gasteiger partial charge is 0.286 e. The molecule has 1 unspecified atom stereocenters. The fraction of sp³-hybridized carbons (Fsp3) is 0.667. The largest absolute Gasteiger partial charge is 0.459 e. The van der Waals surface area contributed by atoms with Crippen molar-refractivity contribution in [3.05, 3.63) is 24.2 Å². The van der Waals surface area contributed by atoms with E-state index in [1.807, 2.05) is 0 Å². The summed E-state index contributed by atoms with van der Waals surface area (Å²) in [5.74, 6) is 0.525. The normalized spacial score (nSPS) is 17.2. The third-order valence-electron chi connectivity index (χ3n) is 4.42. The number of amides is 2. The van der Waals surface area contributed by atoms with Crippen LogP contribution in [0.3, 0.4) is 0 Å². The number of hydrogen-bond donors (Lipinski definition) is 2. The van der Waals surface area contributed by atoms with E-state index < -0.39 is 0 Å². The van der Waals surface area contributed by atoms with Gasteiger partial charge in [0, 0.05) is 52.2 Å². The van der Waals surface area contributed by atoms with Gasteiger partial charge >= 0.3 is 0 Å². The molecular weight excluding hydrogens is 320 g/mol. The first kappa shape index (κ1) is 19.5. The predicted molar refractivity (Wildman–Crippen MR) is 96.4 cm³/mol. The number of hydrogen-bond acceptors (Lipinski definition) is 5. The first-order valence-corrected chi connectivity index (χ1v) is 9.04. The van der Waals surface area contributed by atoms with E-state index in [4.69, 9.17) is 4.42 Å². The molecule has 2 N–H and O–H groups in total. The summed E-state index contributed by atoms with van der Waals surface area (Å²) >= 11 is 0. The molecule has 1 saturated heterocycles. The average molecular weight is 350 g/mol. The van der Waals surface area contributed by atoms with Gasteiger partial charge in [-0.2, -0.15) is 0 Å². The molecule has 0 aliphatic carbocycles. The molecule has 0 saturated carbocycles. The van der Waals surface area contributed by atoms with Gasteiger partial charge in [0.15, 0.2) is 5.76 Å². The van der Waals surface area contributed by atoms with E-state index in [9.17, 15) is 9.59 Å². The molecule has 1 aromatic rings. The maximum absolute atomic E-state index is 11.9. The summed E-state index contributed by atoms with van der Waals surface area (Å²) < 4.78 is 5.01. The van der Waals surface area contributed by atoms with Crippen LogP contribution in [0.1, 0.15) is 30.3 Å². The van der Waals surface area contributed by atoms with Crippen LogP contribution in [0.15, 0.2) is 22.8 Å². The van der Waals surface area contributed by atoms with Crippen molar-refractivity contribution in [2.45, 2.75) is 19.8 Å². The van der Waals surface area contributed by atoms with Gasteiger partial charge in [-0.3, -0.25) is 9.59 Å². The van der Waals surface area contributed by atoms with Gasteiger partial charge in [0.25, 0.3) is 5.91 Å². The van der Waals surface area contributed by atoms with E-state index in [-0.39, 0.29) is 11.8 Å². The maximum Gasteiger partial charge on any atom is 0.286 e. The minimum absolute atomic E-state index is 0.0393. The lowest BCUT2D eigenvalue weighted by molar-refractivity contribution is -0.121. The van der Waals surface area contributed by atoms with E-state index in [2.05, 4.69) is 34.4 Å². The van der Waals surface area contributed by atoms with Crippen LogP contribution in [-0.4, -0.2) is 74.5 Å².